The normalized spacial score (nSPS) is 24.5. The minimum absolute atomic E-state index is 0.0457. The molecule has 2 amide bonds. The third-order valence-corrected chi connectivity index (χ3v) is 10.5. The van der Waals surface area contributed by atoms with Crippen molar-refractivity contribution in [2.75, 3.05) is 24.3 Å². The van der Waals surface area contributed by atoms with E-state index in [2.05, 4.69) is 5.32 Å². The van der Waals surface area contributed by atoms with Crippen molar-refractivity contribution in [1.82, 2.24) is 5.01 Å². The van der Waals surface area contributed by atoms with Crippen molar-refractivity contribution >= 4 is 40.3 Å². The molecule has 230 valence electrons. The molecule has 43 heavy (non-hydrogen) atoms. The van der Waals surface area contributed by atoms with Crippen LogP contribution in [0.3, 0.4) is 0 Å². The first kappa shape index (κ1) is 29.6. The highest BCUT2D eigenvalue weighted by molar-refractivity contribution is 6.44. The Bertz CT molecular complexity index is 1390. The lowest BCUT2D eigenvalue weighted by atomic mass is 9.77. The summed E-state index contributed by atoms with van der Waals surface area (Å²) in [7, 11) is 3.83. The lowest BCUT2D eigenvalue weighted by Gasteiger charge is -2.38. The van der Waals surface area contributed by atoms with E-state index in [1.165, 1.54) is 32.1 Å². The van der Waals surface area contributed by atoms with E-state index in [0.29, 0.717) is 41.1 Å². The molecule has 6 rings (SSSR count). The molecule has 3 fully saturated rings. The molecular formula is C35H46N4O4. The Hall–Kier alpha value is -3.42. The molecule has 0 bridgehead atoms. The number of nitrogens with zero attached hydrogens (tertiary/aromatic N) is 3. The maximum Gasteiger partial charge on any atom is 0.277 e. The third-order valence-electron chi connectivity index (χ3n) is 10.5. The Labute approximate surface area is 255 Å². The van der Waals surface area contributed by atoms with Crippen LogP contribution in [0.2, 0.25) is 0 Å². The Morgan fingerprint density at radius 3 is 2.14 bits per heavy atom. The van der Waals surface area contributed by atoms with Gasteiger partial charge in [-0.1, -0.05) is 44.9 Å². The molecular weight excluding hydrogens is 540 g/mol. The largest absolute Gasteiger partial charge is 0.506 e. The highest BCUT2D eigenvalue weighted by Crippen LogP contribution is 2.45. The van der Waals surface area contributed by atoms with Gasteiger partial charge >= 0.3 is 0 Å². The standard InChI is InChI=1S/C35H46N4O4/c1-21-29(35(43)39(37-21)32(24-15-9-10-16-24)23-13-5-4-6-14-23)31-33(41)30(34(31)42)26-18-17-25(38(2)3)20-27(26)36-28(40)19-22-11-7-8-12-22/h17-18,20,22-24,32,41H,4-16,19H2,1-3H3,(H,36,40)/b31-29-. The number of amides is 2. The predicted octanol–water partition coefficient (Wildman–Crippen LogP) is 6.78. The summed E-state index contributed by atoms with van der Waals surface area (Å²) >= 11 is 0. The molecule has 1 aromatic rings. The van der Waals surface area contributed by atoms with Crippen molar-refractivity contribution in [3.8, 4) is 0 Å². The van der Waals surface area contributed by atoms with Crippen molar-refractivity contribution in [3.63, 3.8) is 0 Å². The van der Waals surface area contributed by atoms with E-state index in [1.54, 1.807) is 18.0 Å². The van der Waals surface area contributed by atoms with E-state index in [4.69, 9.17) is 5.10 Å². The summed E-state index contributed by atoms with van der Waals surface area (Å²) in [5.74, 6) is 0.316. The number of hydrogen-bond acceptors (Lipinski definition) is 6. The molecule has 0 saturated heterocycles. The Kier molecular flexibility index (Phi) is 8.47. The molecule has 3 saturated carbocycles. The Morgan fingerprint density at radius 1 is 0.930 bits per heavy atom. The van der Waals surface area contributed by atoms with Gasteiger partial charge in [-0.2, -0.15) is 5.10 Å². The number of anilines is 2. The van der Waals surface area contributed by atoms with Crippen LogP contribution in [0.25, 0.3) is 5.57 Å². The average Bonchev–Trinajstić information content (AvgIpc) is 3.76. The topological polar surface area (TPSA) is 102 Å². The summed E-state index contributed by atoms with van der Waals surface area (Å²) in [6, 6.07) is 5.52. The molecule has 4 aliphatic carbocycles. The third kappa shape index (κ3) is 5.65. The average molecular weight is 587 g/mol. The fourth-order valence-corrected chi connectivity index (χ4v) is 8.27. The van der Waals surface area contributed by atoms with Crippen LogP contribution in [0.15, 0.2) is 40.2 Å². The number of carbonyl (C=O) groups excluding carboxylic acids is 3. The van der Waals surface area contributed by atoms with Gasteiger partial charge in [-0.25, -0.2) is 5.01 Å². The molecule has 0 aromatic heterocycles. The van der Waals surface area contributed by atoms with E-state index in [-0.39, 0.29) is 46.1 Å². The zero-order chi connectivity index (χ0) is 30.2. The number of rotatable bonds is 8. The fraction of sp³-hybridized carbons (Fsp3) is 0.600. The maximum absolute atomic E-state index is 14.0. The second-order valence-corrected chi connectivity index (χ2v) is 13.6. The van der Waals surface area contributed by atoms with Gasteiger partial charge in [0, 0.05) is 31.8 Å². The molecule has 8 nitrogen and oxygen atoms in total. The van der Waals surface area contributed by atoms with E-state index >= 15 is 0 Å². The van der Waals surface area contributed by atoms with E-state index in [9.17, 15) is 19.5 Å². The molecule has 0 radical (unpaired) electrons. The van der Waals surface area contributed by atoms with Gasteiger partial charge in [-0.3, -0.25) is 14.4 Å². The van der Waals surface area contributed by atoms with Crippen LogP contribution in [0.1, 0.15) is 102 Å². The summed E-state index contributed by atoms with van der Waals surface area (Å²) < 4.78 is 0. The summed E-state index contributed by atoms with van der Waals surface area (Å²) in [6.07, 6.45) is 15.3. The quantitative estimate of drug-likeness (QED) is 0.327. The summed E-state index contributed by atoms with van der Waals surface area (Å²) in [5.41, 5.74) is 2.75. The number of aliphatic hydroxyl groups excluding tert-OH is 1. The zero-order valence-electron chi connectivity index (χ0n) is 26.0. The lowest BCUT2D eigenvalue weighted by Crippen LogP contribution is -2.45. The van der Waals surface area contributed by atoms with Crippen LogP contribution < -0.4 is 10.2 Å². The van der Waals surface area contributed by atoms with Crippen molar-refractivity contribution < 1.29 is 19.5 Å². The molecule has 1 heterocycles. The first-order chi connectivity index (χ1) is 20.7. The number of allylic oxidation sites excluding steroid dienone is 2. The number of aliphatic hydroxyl groups is 1. The first-order valence-electron chi connectivity index (χ1n) is 16.5. The number of ketones is 1. The van der Waals surface area contributed by atoms with Crippen LogP contribution in [0.4, 0.5) is 11.4 Å². The maximum atomic E-state index is 14.0. The van der Waals surface area contributed by atoms with Gasteiger partial charge < -0.3 is 15.3 Å². The number of hydrogen-bond donors (Lipinski definition) is 2. The highest BCUT2D eigenvalue weighted by Gasteiger charge is 2.47. The fourth-order valence-electron chi connectivity index (χ4n) is 8.27. The van der Waals surface area contributed by atoms with Gasteiger partial charge in [0.05, 0.1) is 34.2 Å². The van der Waals surface area contributed by atoms with Crippen molar-refractivity contribution in [1.29, 1.82) is 0 Å². The van der Waals surface area contributed by atoms with Crippen LogP contribution in [-0.2, 0) is 14.4 Å². The van der Waals surface area contributed by atoms with Crippen molar-refractivity contribution in [3.05, 3.63) is 40.7 Å². The minimum atomic E-state index is -0.378. The molecule has 8 heteroatoms. The number of hydrazone groups is 1. The smallest absolute Gasteiger partial charge is 0.277 e. The van der Waals surface area contributed by atoms with E-state index in [1.807, 2.05) is 31.1 Å². The molecule has 2 N–H and O–H groups in total. The zero-order valence-corrected chi connectivity index (χ0v) is 26.0. The molecule has 1 aromatic carbocycles. The van der Waals surface area contributed by atoms with Gasteiger partial charge in [0.25, 0.3) is 5.91 Å². The van der Waals surface area contributed by atoms with Crippen molar-refractivity contribution in [2.45, 2.75) is 103 Å². The van der Waals surface area contributed by atoms with Crippen LogP contribution in [0, 0.1) is 17.8 Å². The number of Topliss-reactive ketones (excluding diaryl/α,β-unsaturated/α-hetero) is 1. The molecule has 1 aliphatic heterocycles. The van der Waals surface area contributed by atoms with E-state index in [0.717, 1.165) is 57.1 Å². The second kappa shape index (κ2) is 12.3. The van der Waals surface area contributed by atoms with Gasteiger partial charge in [-0.15, -0.1) is 0 Å². The predicted molar refractivity (Wildman–Crippen MR) is 170 cm³/mol. The van der Waals surface area contributed by atoms with Crippen molar-refractivity contribution in [2.24, 2.45) is 22.9 Å². The molecule has 5 aliphatic rings. The minimum Gasteiger partial charge on any atom is -0.506 e. The van der Waals surface area contributed by atoms with Gasteiger partial charge in [0.15, 0.2) is 0 Å². The lowest BCUT2D eigenvalue weighted by molar-refractivity contribution is -0.131. The number of benzene rings is 1. The second-order valence-electron chi connectivity index (χ2n) is 13.6. The van der Waals surface area contributed by atoms with E-state index < -0.39 is 0 Å². The summed E-state index contributed by atoms with van der Waals surface area (Å²) in [4.78, 5) is 42.8. The SMILES string of the molecule is CC1=NN(C(C2CCCCC2)C2CCCC2)C(=O)/C1=C1\C(=O)C(c2ccc(N(C)C)cc2NC(=O)CC2CCCC2)=C1O. The van der Waals surface area contributed by atoms with Crippen LogP contribution >= 0.6 is 0 Å². The highest BCUT2D eigenvalue weighted by atomic mass is 16.3. The Balaban J connectivity index is 1.31. The molecule has 1 atom stereocenters. The van der Waals surface area contributed by atoms with Gasteiger partial charge in [0.1, 0.15) is 5.76 Å². The number of carbonyl (C=O) groups is 3. The molecule has 0 spiro atoms. The number of nitrogens with one attached hydrogen (secondary N) is 1. The Morgan fingerprint density at radius 2 is 1.53 bits per heavy atom. The van der Waals surface area contributed by atoms with Gasteiger partial charge in [-0.05, 0) is 81.4 Å². The summed E-state index contributed by atoms with van der Waals surface area (Å²) in [5, 5.41) is 20.9. The van der Waals surface area contributed by atoms with Gasteiger partial charge in [0.2, 0.25) is 11.7 Å². The molecule has 1 unspecified atom stereocenters. The monoisotopic (exact) mass is 586 g/mol. The van der Waals surface area contributed by atoms with Crippen LogP contribution in [-0.4, -0.2) is 53.6 Å². The van der Waals surface area contributed by atoms with Crippen LogP contribution in [0.5, 0.6) is 0 Å². The first-order valence-corrected chi connectivity index (χ1v) is 16.5. The summed E-state index contributed by atoms with van der Waals surface area (Å²) in [6.45, 7) is 1.77.